The van der Waals surface area contributed by atoms with Gasteiger partial charge in [-0.2, -0.15) is 0 Å². The average Bonchev–Trinajstić information content (AvgIpc) is 2.36. The quantitative estimate of drug-likeness (QED) is 0.589. The van der Waals surface area contributed by atoms with Crippen LogP contribution in [0.2, 0.25) is 0 Å². The van der Waals surface area contributed by atoms with Crippen molar-refractivity contribution in [2.24, 2.45) is 11.7 Å². The average molecular weight is 236 g/mol. The summed E-state index contributed by atoms with van der Waals surface area (Å²) in [5.41, 5.74) is 4.12. The molecule has 1 heterocycles. The van der Waals surface area contributed by atoms with Gasteiger partial charge in [-0.3, -0.25) is 9.78 Å². The third-order valence-corrected chi connectivity index (χ3v) is 3.04. The molecule has 0 bridgehead atoms. The number of pyridine rings is 1. The van der Waals surface area contributed by atoms with Crippen molar-refractivity contribution in [3.63, 3.8) is 0 Å². The van der Waals surface area contributed by atoms with Gasteiger partial charge in [-0.05, 0) is 18.1 Å². The molecule has 1 aromatic rings. The highest BCUT2D eigenvalue weighted by Crippen LogP contribution is 2.23. The number of nitrogens with zero attached hydrogens (tertiary/aromatic N) is 1. The van der Waals surface area contributed by atoms with E-state index < -0.39 is 23.2 Å². The summed E-state index contributed by atoms with van der Waals surface area (Å²) < 4.78 is 0. The minimum Gasteiger partial charge on any atom is -0.480 e. The van der Waals surface area contributed by atoms with Crippen molar-refractivity contribution in [2.45, 2.75) is 25.8 Å². The Morgan fingerprint density at radius 2 is 2.24 bits per heavy atom. The summed E-state index contributed by atoms with van der Waals surface area (Å²) in [6.07, 6.45) is 3.35. The normalized spacial score (nSPS) is 15.9. The second-order valence-electron chi connectivity index (χ2n) is 4.05. The van der Waals surface area contributed by atoms with Crippen LogP contribution in [-0.2, 0) is 4.79 Å². The molecule has 2 atom stereocenters. The van der Waals surface area contributed by atoms with Crippen LogP contribution in [0.1, 0.15) is 30.6 Å². The van der Waals surface area contributed by atoms with Crippen LogP contribution in [0.15, 0.2) is 24.5 Å². The summed E-state index contributed by atoms with van der Waals surface area (Å²) in [6, 6.07) is 3.09. The van der Waals surface area contributed by atoms with E-state index in [0.717, 1.165) is 0 Å². The molecule has 5 heteroatoms. The molecule has 3 N–H and O–H groups in total. The van der Waals surface area contributed by atoms with Gasteiger partial charge in [-0.25, -0.2) is 4.79 Å². The Kier molecular flexibility index (Phi) is 3.96. The van der Waals surface area contributed by atoms with Gasteiger partial charge >= 0.3 is 5.97 Å². The third kappa shape index (κ3) is 2.34. The molecule has 0 aliphatic heterocycles. The van der Waals surface area contributed by atoms with E-state index in [-0.39, 0.29) is 5.56 Å². The largest absolute Gasteiger partial charge is 0.480 e. The maximum absolute atomic E-state index is 12.2. The van der Waals surface area contributed by atoms with E-state index in [1.807, 2.05) is 0 Å². The van der Waals surface area contributed by atoms with E-state index in [4.69, 9.17) is 5.73 Å². The Bertz CT molecular complexity index is 419. The topological polar surface area (TPSA) is 93.3 Å². The molecule has 0 aromatic carbocycles. The van der Waals surface area contributed by atoms with Gasteiger partial charge in [0, 0.05) is 18.0 Å². The predicted octanol–water partition coefficient (Wildman–Crippen LogP) is 1.09. The highest BCUT2D eigenvalue weighted by Gasteiger charge is 2.46. The molecule has 5 nitrogen and oxygen atoms in total. The number of carboxylic acid groups (broad SMARTS) is 1. The van der Waals surface area contributed by atoms with Gasteiger partial charge in [-0.15, -0.1) is 0 Å². The Balaban J connectivity index is 3.18. The first-order valence-electron chi connectivity index (χ1n) is 5.41. The van der Waals surface area contributed by atoms with Crippen LogP contribution in [-0.4, -0.2) is 27.4 Å². The molecule has 0 amide bonds. The number of ketones is 1. The molecule has 0 radical (unpaired) electrons. The van der Waals surface area contributed by atoms with Crippen molar-refractivity contribution in [2.75, 3.05) is 0 Å². The molecule has 17 heavy (non-hydrogen) atoms. The number of Topliss-reactive ketones (excluding diaryl/α,β-unsaturated/α-hetero) is 1. The number of carbonyl (C=O) groups excluding carboxylic acids is 1. The summed E-state index contributed by atoms with van der Waals surface area (Å²) in [5, 5.41) is 9.20. The molecule has 1 rings (SSSR count). The fourth-order valence-corrected chi connectivity index (χ4v) is 1.59. The van der Waals surface area contributed by atoms with E-state index in [9.17, 15) is 14.7 Å². The van der Waals surface area contributed by atoms with E-state index >= 15 is 0 Å². The summed E-state index contributed by atoms with van der Waals surface area (Å²) >= 11 is 0. The lowest BCUT2D eigenvalue weighted by molar-refractivity contribution is -0.143. The van der Waals surface area contributed by atoms with E-state index in [0.29, 0.717) is 6.42 Å². The van der Waals surface area contributed by atoms with Crippen molar-refractivity contribution in [3.8, 4) is 0 Å². The zero-order chi connectivity index (χ0) is 13.1. The van der Waals surface area contributed by atoms with Gasteiger partial charge in [0.05, 0.1) is 0 Å². The van der Waals surface area contributed by atoms with Crippen LogP contribution < -0.4 is 5.73 Å². The summed E-state index contributed by atoms with van der Waals surface area (Å²) in [6.45, 7) is 3.45. The number of hydrogen-bond acceptors (Lipinski definition) is 4. The van der Waals surface area contributed by atoms with Crippen molar-refractivity contribution in [3.05, 3.63) is 30.1 Å². The molecule has 92 valence electrons. The van der Waals surface area contributed by atoms with Crippen LogP contribution in [0.4, 0.5) is 0 Å². The first-order chi connectivity index (χ1) is 7.94. The fourth-order valence-electron chi connectivity index (χ4n) is 1.59. The maximum Gasteiger partial charge on any atom is 0.332 e. The first-order valence-corrected chi connectivity index (χ1v) is 5.41. The first kappa shape index (κ1) is 13.3. The second kappa shape index (κ2) is 5.05. The van der Waals surface area contributed by atoms with E-state index in [1.54, 1.807) is 19.9 Å². The van der Waals surface area contributed by atoms with Gasteiger partial charge in [-0.1, -0.05) is 20.3 Å². The molecule has 1 aromatic heterocycles. The lowest BCUT2D eigenvalue weighted by atomic mass is 9.78. The van der Waals surface area contributed by atoms with Crippen LogP contribution in [0, 0.1) is 5.92 Å². The van der Waals surface area contributed by atoms with Gasteiger partial charge in [0.15, 0.2) is 11.3 Å². The predicted molar refractivity (Wildman–Crippen MR) is 62.6 cm³/mol. The number of aliphatic carboxylic acids is 1. The Morgan fingerprint density at radius 1 is 1.59 bits per heavy atom. The van der Waals surface area contributed by atoms with Gasteiger partial charge in [0.1, 0.15) is 0 Å². The van der Waals surface area contributed by atoms with Crippen LogP contribution in [0.25, 0.3) is 0 Å². The standard InChI is InChI=1S/C12H16N2O3/c1-3-8(2)12(13,11(16)17)10(15)9-5-4-6-14-7-9/h4-8H,3,13H2,1-2H3,(H,16,17)/t8-,12+/m0/s1. The number of carbonyl (C=O) groups is 2. The molecule has 0 aliphatic rings. The van der Waals surface area contributed by atoms with Crippen LogP contribution >= 0.6 is 0 Å². The Morgan fingerprint density at radius 3 is 2.65 bits per heavy atom. The van der Waals surface area contributed by atoms with Gasteiger partial charge in [0.25, 0.3) is 0 Å². The zero-order valence-electron chi connectivity index (χ0n) is 9.88. The van der Waals surface area contributed by atoms with Crippen LogP contribution in [0.5, 0.6) is 0 Å². The number of rotatable bonds is 5. The van der Waals surface area contributed by atoms with Crippen molar-refractivity contribution in [1.82, 2.24) is 4.98 Å². The molecular weight excluding hydrogens is 220 g/mol. The monoisotopic (exact) mass is 236 g/mol. The summed E-state index contributed by atoms with van der Waals surface area (Å²) in [4.78, 5) is 27.2. The minimum atomic E-state index is -1.89. The summed E-state index contributed by atoms with van der Waals surface area (Å²) in [5.74, 6) is -2.36. The number of nitrogens with two attached hydrogens (primary N) is 1. The van der Waals surface area contributed by atoms with E-state index in [1.165, 1.54) is 18.5 Å². The molecule has 0 aliphatic carbocycles. The number of carboxylic acids is 1. The minimum absolute atomic E-state index is 0.220. The van der Waals surface area contributed by atoms with Gasteiger partial charge in [0.2, 0.25) is 0 Å². The molecule has 0 saturated carbocycles. The third-order valence-electron chi connectivity index (χ3n) is 3.04. The van der Waals surface area contributed by atoms with E-state index in [2.05, 4.69) is 4.98 Å². The number of aromatic nitrogens is 1. The lowest BCUT2D eigenvalue weighted by Gasteiger charge is -2.28. The number of hydrogen-bond donors (Lipinski definition) is 2. The highest BCUT2D eigenvalue weighted by atomic mass is 16.4. The molecule has 0 saturated heterocycles. The van der Waals surface area contributed by atoms with Crippen molar-refractivity contribution >= 4 is 11.8 Å². The van der Waals surface area contributed by atoms with Gasteiger partial charge < -0.3 is 10.8 Å². The second-order valence-corrected chi connectivity index (χ2v) is 4.05. The molecule has 0 unspecified atom stereocenters. The molecular formula is C12H16N2O3. The molecule has 0 spiro atoms. The van der Waals surface area contributed by atoms with Crippen LogP contribution in [0.3, 0.4) is 0 Å². The highest BCUT2D eigenvalue weighted by molar-refractivity contribution is 6.15. The maximum atomic E-state index is 12.2. The fraction of sp³-hybridized carbons (Fsp3) is 0.417. The van der Waals surface area contributed by atoms with Crippen molar-refractivity contribution in [1.29, 1.82) is 0 Å². The SMILES string of the molecule is CC[C@H](C)[C@](N)(C(=O)O)C(=O)c1cccnc1. The smallest absolute Gasteiger partial charge is 0.332 e. The lowest BCUT2D eigenvalue weighted by Crippen LogP contribution is -2.59. The Labute approximate surface area is 99.7 Å². The summed E-state index contributed by atoms with van der Waals surface area (Å²) in [7, 11) is 0. The van der Waals surface area contributed by atoms with Crippen molar-refractivity contribution < 1.29 is 14.7 Å². The molecule has 0 fully saturated rings. The Hall–Kier alpha value is -1.75. The zero-order valence-corrected chi connectivity index (χ0v) is 9.88.